The van der Waals surface area contributed by atoms with E-state index in [1.165, 1.54) is 11.3 Å². The summed E-state index contributed by atoms with van der Waals surface area (Å²) in [4.78, 5) is 15.0. The van der Waals surface area contributed by atoms with E-state index in [1.54, 1.807) is 11.8 Å². The number of thioether (sulfide) groups is 1. The van der Waals surface area contributed by atoms with Gasteiger partial charge < -0.3 is 10.6 Å². The van der Waals surface area contributed by atoms with Crippen LogP contribution in [0.15, 0.2) is 24.3 Å². The zero-order valence-electron chi connectivity index (χ0n) is 11.3. The number of amides is 1. The van der Waals surface area contributed by atoms with Crippen LogP contribution in [0.5, 0.6) is 0 Å². The maximum atomic E-state index is 12.4. The molecule has 0 fully saturated rings. The fourth-order valence-electron chi connectivity index (χ4n) is 1.89. The first-order chi connectivity index (χ1) is 9.02. The minimum atomic E-state index is 0.0846. The summed E-state index contributed by atoms with van der Waals surface area (Å²) < 4.78 is 1.10. The molecular formula is C14H18N2OS2. The van der Waals surface area contributed by atoms with Gasteiger partial charge in [-0.25, -0.2) is 0 Å². The Bertz CT molecular complexity index is 594. The molecule has 2 N–H and O–H groups in total. The number of rotatable bonds is 4. The Morgan fingerprint density at radius 2 is 2.21 bits per heavy atom. The van der Waals surface area contributed by atoms with E-state index in [4.69, 9.17) is 5.73 Å². The molecule has 1 amide bonds. The molecule has 0 aliphatic rings. The van der Waals surface area contributed by atoms with E-state index in [-0.39, 0.29) is 11.9 Å². The Balaban J connectivity index is 2.26. The van der Waals surface area contributed by atoms with Gasteiger partial charge in [-0.1, -0.05) is 0 Å². The summed E-state index contributed by atoms with van der Waals surface area (Å²) in [5.41, 5.74) is 6.49. The average Bonchev–Trinajstić information content (AvgIpc) is 2.80. The van der Waals surface area contributed by atoms with Crippen molar-refractivity contribution in [1.29, 1.82) is 0 Å². The fourth-order valence-corrected chi connectivity index (χ4v) is 3.63. The van der Waals surface area contributed by atoms with Gasteiger partial charge in [-0.3, -0.25) is 4.79 Å². The predicted molar refractivity (Wildman–Crippen MR) is 86.2 cm³/mol. The Morgan fingerprint density at radius 1 is 1.47 bits per heavy atom. The smallest absolute Gasteiger partial charge is 0.263 e. The normalized spacial score (nSPS) is 12.6. The quantitative estimate of drug-likeness (QED) is 0.880. The number of fused-ring (bicyclic) bond motifs is 1. The lowest BCUT2D eigenvalue weighted by Gasteiger charge is -2.23. The van der Waals surface area contributed by atoms with Crippen LogP contribution in [0.4, 0.5) is 5.69 Å². The first-order valence-electron chi connectivity index (χ1n) is 6.08. The molecule has 0 saturated heterocycles. The van der Waals surface area contributed by atoms with Gasteiger partial charge in [0.2, 0.25) is 0 Å². The first-order valence-corrected chi connectivity index (χ1v) is 8.29. The molecule has 102 valence electrons. The average molecular weight is 294 g/mol. The number of nitrogens with zero attached hydrogens (tertiary/aromatic N) is 1. The molecule has 5 heteroatoms. The van der Waals surface area contributed by atoms with Crippen LogP contribution in [0, 0.1) is 0 Å². The van der Waals surface area contributed by atoms with Gasteiger partial charge in [-0.15, -0.1) is 11.3 Å². The highest BCUT2D eigenvalue weighted by molar-refractivity contribution is 7.98. The third-order valence-electron chi connectivity index (χ3n) is 3.14. The van der Waals surface area contributed by atoms with Gasteiger partial charge in [0.25, 0.3) is 5.91 Å². The molecule has 0 spiro atoms. The number of hydrogen-bond donors (Lipinski definition) is 1. The van der Waals surface area contributed by atoms with E-state index in [0.717, 1.165) is 26.4 Å². The highest BCUT2D eigenvalue weighted by Gasteiger charge is 2.19. The first kappa shape index (κ1) is 14.2. The molecule has 1 aromatic carbocycles. The van der Waals surface area contributed by atoms with Crippen molar-refractivity contribution in [3.63, 3.8) is 0 Å². The van der Waals surface area contributed by atoms with Crippen LogP contribution in [0.3, 0.4) is 0 Å². The highest BCUT2D eigenvalue weighted by Crippen LogP contribution is 2.28. The van der Waals surface area contributed by atoms with E-state index < -0.39 is 0 Å². The molecule has 0 aliphatic carbocycles. The lowest BCUT2D eigenvalue weighted by molar-refractivity contribution is 0.0762. The lowest BCUT2D eigenvalue weighted by Crippen LogP contribution is -2.36. The third kappa shape index (κ3) is 3.04. The Labute approximate surface area is 121 Å². The second kappa shape index (κ2) is 5.84. The summed E-state index contributed by atoms with van der Waals surface area (Å²) in [6, 6.07) is 7.91. The molecule has 3 nitrogen and oxygen atoms in total. The summed E-state index contributed by atoms with van der Waals surface area (Å²) >= 11 is 3.27. The van der Waals surface area contributed by atoms with Crippen LogP contribution in [-0.4, -0.2) is 35.9 Å². The summed E-state index contributed by atoms with van der Waals surface area (Å²) in [5.74, 6) is 1.03. The topological polar surface area (TPSA) is 46.3 Å². The van der Waals surface area contributed by atoms with Crippen LogP contribution in [0.25, 0.3) is 10.1 Å². The molecule has 19 heavy (non-hydrogen) atoms. The van der Waals surface area contributed by atoms with Crippen molar-refractivity contribution in [2.45, 2.75) is 13.0 Å². The number of carbonyl (C=O) groups is 1. The third-order valence-corrected chi connectivity index (χ3v) is 5.06. The van der Waals surface area contributed by atoms with Gasteiger partial charge in [0.1, 0.15) is 0 Å². The molecule has 1 atom stereocenters. The molecule has 1 aromatic heterocycles. The van der Waals surface area contributed by atoms with Gasteiger partial charge in [0.05, 0.1) is 4.88 Å². The number of benzene rings is 1. The minimum Gasteiger partial charge on any atom is -0.399 e. The highest BCUT2D eigenvalue weighted by atomic mass is 32.2. The van der Waals surface area contributed by atoms with Crippen LogP contribution in [-0.2, 0) is 0 Å². The standard InChI is InChI=1S/C14H18N2OS2/c1-9(8-18-3)16(2)14(17)13-7-10-6-11(15)4-5-12(10)19-13/h4-7,9H,8,15H2,1-3H3. The van der Waals surface area contributed by atoms with Crippen molar-refractivity contribution < 1.29 is 4.79 Å². The van der Waals surface area contributed by atoms with Gasteiger partial charge in [0, 0.05) is 29.2 Å². The molecule has 2 aromatic rings. The predicted octanol–water partition coefficient (Wildman–Crippen LogP) is 3.31. The van der Waals surface area contributed by atoms with Gasteiger partial charge in [-0.2, -0.15) is 11.8 Å². The van der Waals surface area contributed by atoms with Crippen LogP contribution < -0.4 is 5.73 Å². The van der Waals surface area contributed by atoms with Crippen LogP contribution in [0.2, 0.25) is 0 Å². The largest absolute Gasteiger partial charge is 0.399 e. The zero-order valence-corrected chi connectivity index (χ0v) is 13.0. The molecule has 0 saturated carbocycles. The van der Waals surface area contributed by atoms with Crippen molar-refractivity contribution in [2.24, 2.45) is 0 Å². The van der Waals surface area contributed by atoms with Gasteiger partial charge in [-0.05, 0) is 42.8 Å². The zero-order chi connectivity index (χ0) is 14.0. The van der Waals surface area contributed by atoms with Crippen molar-refractivity contribution in [2.75, 3.05) is 24.8 Å². The molecule has 0 aliphatic heterocycles. The van der Waals surface area contributed by atoms with E-state index in [0.29, 0.717) is 0 Å². The van der Waals surface area contributed by atoms with Crippen molar-refractivity contribution in [1.82, 2.24) is 4.90 Å². The summed E-state index contributed by atoms with van der Waals surface area (Å²) in [5, 5.41) is 1.04. The van der Waals surface area contributed by atoms with Crippen molar-refractivity contribution >= 4 is 44.8 Å². The van der Waals surface area contributed by atoms with Crippen molar-refractivity contribution in [3.05, 3.63) is 29.1 Å². The number of thiophene rings is 1. The number of carbonyl (C=O) groups excluding carboxylic acids is 1. The van der Waals surface area contributed by atoms with E-state index in [9.17, 15) is 4.79 Å². The molecule has 0 radical (unpaired) electrons. The monoisotopic (exact) mass is 294 g/mol. The van der Waals surface area contributed by atoms with Crippen LogP contribution in [0.1, 0.15) is 16.6 Å². The maximum absolute atomic E-state index is 12.4. The minimum absolute atomic E-state index is 0.0846. The number of nitrogens with two attached hydrogens (primary N) is 1. The van der Waals surface area contributed by atoms with Crippen LogP contribution >= 0.6 is 23.1 Å². The van der Waals surface area contributed by atoms with Gasteiger partial charge >= 0.3 is 0 Å². The molecule has 2 rings (SSSR count). The molecule has 1 unspecified atom stereocenters. The number of anilines is 1. The van der Waals surface area contributed by atoms with E-state index >= 15 is 0 Å². The Hall–Kier alpha value is -1.20. The number of hydrogen-bond acceptors (Lipinski definition) is 4. The molecule has 1 heterocycles. The maximum Gasteiger partial charge on any atom is 0.263 e. The van der Waals surface area contributed by atoms with E-state index in [1.807, 2.05) is 36.2 Å². The lowest BCUT2D eigenvalue weighted by atomic mass is 10.2. The van der Waals surface area contributed by atoms with Crippen molar-refractivity contribution in [3.8, 4) is 0 Å². The molecular weight excluding hydrogens is 276 g/mol. The number of nitrogen functional groups attached to an aromatic ring is 1. The Kier molecular flexibility index (Phi) is 4.37. The summed E-state index contributed by atoms with van der Waals surface area (Å²) in [6.45, 7) is 2.07. The molecule has 0 bridgehead atoms. The summed E-state index contributed by atoms with van der Waals surface area (Å²) in [7, 11) is 1.86. The second-order valence-electron chi connectivity index (χ2n) is 4.63. The fraction of sp³-hybridized carbons (Fsp3) is 0.357. The second-order valence-corrected chi connectivity index (χ2v) is 6.62. The SMILES string of the molecule is CSCC(C)N(C)C(=O)c1cc2cc(N)ccc2s1. The van der Waals surface area contributed by atoms with E-state index in [2.05, 4.69) is 13.2 Å². The summed E-state index contributed by atoms with van der Waals surface area (Å²) in [6.07, 6.45) is 2.05. The Morgan fingerprint density at radius 3 is 2.89 bits per heavy atom. The van der Waals surface area contributed by atoms with Gasteiger partial charge in [0.15, 0.2) is 0 Å².